The molecule has 6 rings (SSSR count). The molecule has 776 valence electrons. The van der Waals surface area contributed by atoms with Crippen LogP contribution in [0.25, 0.3) is 0 Å². The number of phosphoric ester groups is 1. The molecule has 5 aliphatic heterocycles. The highest BCUT2D eigenvalue weighted by Gasteiger charge is 2.65. The van der Waals surface area contributed by atoms with Crippen LogP contribution in [0.15, 0.2) is 70.7 Å². The van der Waals surface area contributed by atoms with E-state index < -0.39 is 293 Å². The number of nitrogens with two attached hydrogens (primary N) is 2. The maximum atomic E-state index is 14.7. The van der Waals surface area contributed by atoms with E-state index in [0.29, 0.717) is 12.8 Å². The van der Waals surface area contributed by atoms with Crippen molar-refractivity contribution in [2.45, 2.75) is 348 Å². The summed E-state index contributed by atoms with van der Waals surface area (Å²) in [7, 11) is -5.02. The van der Waals surface area contributed by atoms with Gasteiger partial charge in [0.2, 0.25) is 17.7 Å². The molecule has 27 atom stereocenters. The van der Waals surface area contributed by atoms with Gasteiger partial charge in [0.1, 0.15) is 60.2 Å². The molecule has 0 radical (unpaired) electrons. The summed E-state index contributed by atoms with van der Waals surface area (Å²) in [6.07, 6.45) is -37.5. The average Bonchev–Trinajstić information content (AvgIpc) is 0.898. The molecule has 49 nitrogen and oxygen atoms in total. The van der Waals surface area contributed by atoms with Crippen molar-refractivity contribution in [3.63, 3.8) is 0 Å². The summed E-state index contributed by atoms with van der Waals surface area (Å²) in [6.45, 7) is 24.6. The summed E-state index contributed by atoms with van der Waals surface area (Å²) < 4.78 is 150. The molecule has 0 saturated carbocycles. The van der Waals surface area contributed by atoms with Gasteiger partial charge in [-0.05, 0) is 91.9 Å². The summed E-state index contributed by atoms with van der Waals surface area (Å²) in [5.41, 5.74) is 12.1. The van der Waals surface area contributed by atoms with Crippen LogP contribution in [0.2, 0.25) is 0 Å². The first-order valence-electron chi connectivity index (χ1n) is 43.7. The third-order valence-electron chi connectivity index (χ3n) is 21.6. The van der Waals surface area contributed by atoms with Gasteiger partial charge in [-0.2, -0.15) is 0 Å². The smallest absolute Gasteiger partial charge is 0.474 e. The topological polar surface area (TPSA) is 686 Å². The van der Waals surface area contributed by atoms with Crippen molar-refractivity contribution in [1.82, 2.24) is 22.1 Å². The Balaban J connectivity index is 0.0000336. The third kappa shape index (κ3) is 35.9. The van der Waals surface area contributed by atoms with E-state index in [-0.39, 0.29) is 31.0 Å². The maximum absolute atomic E-state index is 14.7. The van der Waals surface area contributed by atoms with Crippen LogP contribution in [0, 0.1) is 5.41 Å². The number of rotatable bonds is 46. The molecule has 5 saturated heterocycles. The number of carbonyl (C=O) groups excluding carboxylic acids is 16. The van der Waals surface area contributed by atoms with Crippen LogP contribution in [0.1, 0.15) is 189 Å². The van der Waals surface area contributed by atoms with Gasteiger partial charge < -0.3 is 148 Å². The van der Waals surface area contributed by atoms with Crippen LogP contribution < -0.4 is 33.6 Å². The molecule has 13 N–H and O–H groups in total. The Kier molecular flexibility index (Phi) is 45.9. The van der Waals surface area contributed by atoms with Crippen molar-refractivity contribution in [2.75, 3.05) is 33.5 Å². The fourth-order valence-corrected chi connectivity index (χ4v) is 16.2. The number of aliphatic hydroxyl groups excluding tert-OH is 1. The summed E-state index contributed by atoms with van der Waals surface area (Å²) in [5.74, 6) is -18.0. The number of esters is 10. The van der Waals surface area contributed by atoms with E-state index in [4.69, 9.17) is 120 Å². The Labute approximate surface area is 796 Å². The lowest BCUT2D eigenvalue weighted by atomic mass is 9.85. The number of ketones is 1. The Morgan fingerprint density at radius 2 is 1.05 bits per heavy atom. The molecule has 5 amide bonds. The van der Waals surface area contributed by atoms with E-state index in [0.717, 1.165) is 133 Å². The summed E-state index contributed by atoms with van der Waals surface area (Å²) in [4.78, 5) is 226. The summed E-state index contributed by atoms with van der Waals surface area (Å²) >= 11 is 0. The molecule has 1 unspecified atom stereocenters. The molecular weight excluding hydrogens is 1860 g/mol. The molecule has 0 aromatic carbocycles. The van der Waals surface area contributed by atoms with Gasteiger partial charge >= 0.3 is 73.6 Å². The minimum absolute atomic E-state index is 0. The van der Waals surface area contributed by atoms with Crippen LogP contribution in [-0.2, 0) is 185 Å². The van der Waals surface area contributed by atoms with E-state index in [1.54, 1.807) is 13.0 Å². The molecule has 50 heteroatoms. The lowest BCUT2D eigenvalue weighted by molar-refractivity contribution is -0.375. The van der Waals surface area contributed by atoms with Crippen molar-refractivity contribution < 1.29 is 205 Å². The fourth-order valence-electron chi connectivity index (χ4n) is 15.4. The zero-order valence-electron chi connectivity index (χ0n) is 80.7. The Bertz CT molecular complexity index is 4560. The van der Waals surface area contributed by atoms with Gasteiger partial charge in [0.25, 0.3) is 5.91 Å². The zero-order valence-corrected chi connectivity index (χ0v) is 81.6. The second kappa shape index (κ2) is 53.7. The SMILES string of the molecule is C=C(C/C=C(\C)CCC=C(C)C)CCC(C)(C)/C=C/CC/C(C)=C\CO[C@H](COP(=O)(O)O[C@H]1O[C@H](C(N)=O)[C@@](C)(O)[C@H](OC(N)=O)[C@H]1O[C@@H]1O[C@H](CO[C@@H]2O[C@H](COC(C)=O)[C@@H](OC(C)=O)[C@H](OC(C)=O)[C@H]2OC(C)=O)[C@@H](O[C@@H]2O[C@H](C)[C@@H](O[C@@H]3O[C@H](C(=O)NC4=C(O)CCC4=O)[C@H](OC(C)=O)[C@H](OC(C)=O)[C@H]3OC(C)=O)[C@H](OC(C)=O)[C@H]2NC(C)=O)[C@H](OC(C)=O)[C@H]1NC(C)=O)C(=O)OC.N. The standard InChI is InChI=1S/C88H128N5O43P.H3N/c1-40(2)25-24-27-41(3)28-29-43(5)32-35-87(18,19)34-23-22-26-42(4)33-36-115-60(80(109)114-21)39-118-137(112,113)136-85-75(76(135-86(90)110)88(20,111)77(134-85)78(89)107)133-82-63(92-46(8)95)68(122-50(12)99)65(59(128-82)38-117-83-73(126-54(16)103)69(123-51(13)100)66(120-48(10)97)58(129-83)37-116-47(9)96)131-81-62(91-45(7)94)67(121-49(11)98)64(44(6)119-81)130-84-74(127-55(17)104)71(125-53(15)102)70(124-52(14)101)72(132-84)79(108)93-61-56(105)30-31-57(61)106;/h23,25,28,33-34,44,58-60,62-77,81-85,105,111H,5,22,24,26-27,29-32,35-39H2,1-4,6-21H3,(H2,89,107)(H2,90,110)(H,91,94)(H,92,95)(H,93,108)(H,112,113);1H3/b34-23+,41-28+,42-33-;/t44-,58-,59-,60-,62-,63-,64-,65-,66-,67-,68-,69+,70-,71+,72+,73-,74-,75-,76-,77-,81+,82+,83-,84-,85-,88+;/m1./s1. The van der Waals surface area contributed by atoms with Gasteiger partial charge in [-0.3, -0.25) is 76.2 Å². The molecule has 0 aromatic rings. The van der Waals surface area contributed by atoms with E-state index in [2.05, 4.69) is 75.4 Å². The lowest BCUT2D eigenvalue weighted by Gasteiger charge is -2.52. The molecule has 0 spiro atoms. The van der Waals surface area contributed by atoms with Gasteiger partial charge in [-0.1, -0.05) is 73.1 Å². The van der Waals surface area contributed by atoms with Crippen LogP contribution in [0.3, 0.4) is 0 Å². The van der Waals surface area contributed by atoms with E-state index in [1.807, 2.05) is 6.08 Å². The van der Waals surface area contributed by atoms with Crippen molar-refractivity contribution in [3.8, 4) is 0 Å². The van der Waals surface area contributed by atoms with Gasteiger partial charge in [0.05, 0.1) is 33.0 Å². The van der Waals surface area contributed by atoms with Crippen molar-refractivity contribution >= 4 is 103 Å². The fraction of sp³-hybridized carbons (Fsp3) is 0.682. The maximum Gasteiger partial charge on any atom is 0.474 e. The molecule has 5 heterocycles. The molecule has 0 aromatic heterocycles. The minimum Gasteiger partial charge on any atom is -0.510 e. The highest BCUT2D eigenvalue weighted by Crippen LogP contribution is 2.50. The molecular formula is C88H131N6O43P. The van der Waals surface area contributed by atoms with E-state index in [1.165, 1.54) is 18.1 Å². The number of primary amides is 2. The van der Waals surface area contributed by atoms with Crippen LogP contribution in [-0.4, -0.2) is 303 Å². The number of nitrogens with one attached hydrogen (secondary N) is 3. The quantitative estimate of drug-likeness (QED) is 0.0183. The van der Waals surface area contributed by atoms with E-state index >= 15 is 0 Å². The minimum atomic E-state index is -5.98. The van der Waals surface area contributed by atoms with Crippen molar-refractivity contribution in [3.05, 3.63) is 70.7 Å². The highest BCUT2D eigenvalue weighted by molar-refractivity contribution is 7.47. The molecule has 138 heavy (non-hydrogen) atoms. The molecule has 5 fully saturated rings. The number of amides is 5. The number of allylic oxidation sites excluding steroid dienone is 10. The zero-order chi connectivity index (χ0) is 103. The van der Waals surface area contributed by atoms with Crippen LogP contribution in [0.4, 0.5) is 4.79 Å². The lowest BCUT2D eigenvalue weighted by Crippen LogP contribution is -2.73. The first-order chi connectivity index (χ1) is 63.9. The Morgan fingerprint density at radius 3 is 1.57 bits per heavy atom. The predicted octanol–water partition coefficient (Wildman–Crippen LogP) is 3.36. The number of aliphatic hydroxyl groups is 2. The van der Waals surface area contributed by atoms with Gasteiger partial charge in [-0.25, -0.2) is 14.2 Å². The van der Waals surface area contributed by atoms with Crippen molar-refractivity contribution in [1.29, 1.82) is 0 Å². The second-order valence-corrected chi connectivity index (χ2v) is 35.7. The number of methoxy groups -OCH3 is 1. The van der Waals surface area contributed by atoms with Crippen LogP contribution >= 0.6 is 7.82 Å². The molecule has 6 aliphatic rings. The average molecular weight is 1990 g/mol. The van der Waals surface area contributed by atoms with Gasteiger partial charge in [-0.15, -0.1) is 0 Å². The predicted molar refractivity (Wildman–Crippen MR) is 467 cm³/mol. The number of hydrogen-bond donors (Lipinski definition) is 9. The highest BCUT2D eigenvalue weighted by atomic mass is 31.2. The van der Waals surface area contributed by atoms with Gasteiger partial charge in [0.15, 0.2) is 117 Å². The Hall–Kier alpha value is -10.6. The van der Waals surface area contributed by atoms with Crippen molar-refractivity contribution in [2.24, 2.45) is 16.9 Å². The first kappa shape index (κ1) is 118. The number of hydrogen-bond acceptors (Lipinski definition) is 43. The third-order valence-corrected chi connectivity index (χ3v) is 22.5. The number of phosphoric acid groups is 1. The summed E-state index contributed by atoms with van der Waals surface area (Å²) in [6, 6.07) is -4.33. The second-order valence-electron chi connectivity index (χ2n) is 34.3. The van der Waals surface area contributed by atoms with Crippen LogP contribution in [0.5, 0.6) is 0 Å². The van der Waals surface area contributed by atoms with E-state index in [9.17, 15) is 96.4 Å². The summed E-state index contributed by atoms with van der Waals surface area (Å²) in [5, 5.41) is 30.3. The first-order valence-corrected chi connectivity index (χ1v) is 45.2. The molecule has 1 aliphatic carbocycles. The normalized spacial score (nSPS) is 30.0. The number of Topliss-reactive ketones (excluding diaryl/α,β-unsaturated/α-hetero) is 1. The molecule has 0 bridgehead atoms. The monoisotopic (exact) mass is 1990 g/mol. The van der Waals surface area contributed by atoms with Gasteiger partial charge in [0, 0.05) is 89.0 Å². The largest absolute Gasteiger partial charge is 0.510 e. The number of ether oxygens (including phenoxy) is 21. The number of carbonyl (C=O) groups is 16. The Morgan fingerprint density at radius 1 is 0.565 bits per heavy atom.